The smallest absolute Gasteiger partial charge is 0.307 e. The normalized spacial score (nSPS) is 11.0. The van der Waals surface area contributed by atoms with Crippen LogP contribution in [0.1, 0.15) is 108 Å². The quantitative estimate of drug-likeness (QED) is 0.237. The van der Waals surface area contributed by atoms with Crippen molar-refractivity contribution in [2.75, 3.05) is 0 Å². The summed E-state index contributed by atoms with van der Waals surface area (Å²) < 4.78 is 0. The molecule has 0 heterocycles. The molecule has 0 spiro atoms. The van der Waals surface area contributed by atoms with Gasteiger partial charge in [-0.15, -0.1) is 0 Å². The van der Waals surface area contributed by atoms with Crippen LogP contribution in [0.5, 0.6) is 0 Å². The van der Waals surface area contributed by atoms with E-state index in [0.717, 1.165) is 12.0 Å². The standard InChI is InChI=1S/C30H44O2/c1-2-3-4-5-6-7-8-9-10-11-12-13-14-16-21-28-24-26(25-30(31)32)22-23-29(28)27-19-17-15-18-20-27/h15,17-20,22-24H,2-14,16,21,25H2,1H3,(H,31,32). The molecule has 32 heavy (non-hydrogen) atoms. The summed E-state index contributed by atoms with van der Waals surface area (Å²) in [4.78, 5) is 11.1. The second-order valence-corrected chi connectivity index (χ2v) is 9.27. The maximum absolute atomic E-state index is 11.1. The number of hydrogen-bond donors (Lipinski definition) is 1. The molecule has 0 amide bonds. The predicted octanol–water partition coefficient (Wildman–Crippen LogP) is 9.00. The lowest BCUT2D eigenvalue weighted by Crippen LogP contribution is -2.01. The van der Waals surface area contributed by atoms with Gasteiger partial charge in [-0.3, -0.25) is 4.79 Å². The number of carboxylic acid groups (broad SMARTS) is 1. The number of carboxylic acids is 1. The summed E-state index contributed by atoms with van der Waals surface area (Å²) in [5.74, 6) is -0.764. The summed E-state index contributed by atoms with van der Waals surface area (Å²) in [5, 5.41) is 9.15. The molecular weight excluding hydrogens is 392 g/mol. The summed E-state index contributed by atoms with van der Waals surface area (Å²) in [6.07, 6.45) is 20.3. The van der Waals surface area contributed by atoms with Gasteiger partial charge in [0.25, 0.3) is 0 Å². The van der Waals surface area contributed by atoms with Crippen LogP contribution in [0.3, 0.4) is 0 Å². The van der Waals surface area contributed by atoms with Crippen molar-refractivity contribution in [2.24, 2.45) is 0 Å². The highest BCUT2D eigenvalue weighted by Crippen LogP contribution is 2.27. The van der Waals surface area contributed by atoms with Crippen LogP contribution in [-0.4, -0.2) is 11.1 Å². The lowest BCUT2D eigenvalue weighted by molar-refractivity contribution is -0.136. The van der Waals surface area contributed by atoms with Crippen molar-refractivity contribution in [3.05, 3.63) is 59.7 Å². The van der Waals surface area contributed by atoms with Crippen molar-refractivity contribution < 1.29 is 9.90 Å². The van der Waals surface area contributed by atoms with Gasteiger partial charge in [-0.2, -0.15) is 0 Å². The molecule has 1 N–H and O–H groups in total. The molecular formula is C30H44O2. The predicted molar refractivity (Wildman–Crippen MR) is 137 cm³/mol. The van der Waals surface area contributed by atoms with Crippen molar-refractivity contribution in [3.63, 3.8) is 0 Å². The summed E-state index contributed by atoms with van der Waals surface area (Å²) in [5.41, 5.74) is 4.65. The van der Waals surface area contributed by atoms with Gasteiger partial charge in [0, 0.05) is 0 Å². The first-order chi connectivity index (χ1) is 15.7. The molecule has 0 fully saturated rings. The van der Waals surface area contributed by atoms with Crippen LogP contribution in [-0.2, 0) is 17.6 Å². The molecule has 0 saturated heterocycles. The van der Waals surface area contributed by atoms with Gasteiger partial charge in [0.15, 0.2) is 0 Å². The first-order valence-electron chi connectivity index (χ1n) is 13.1. The maximum atomic E-state index is 11.1. The molecule has 0 unspecified atom stereocenters. The minimum atomic E-state index is -0.764. The maximum Gasteiger partial charge on any atom is 0.307 e. The van der Waals surface area contributed by atoms with Crippen LogP contribution < -0.4 is 0 Å². The van der Waals surface area contributed by atoms with Crippen LogP contribution in [0.25, 0.3) is 11.1 Å². The summed E-state index contributed by atoms with van der Waals surface area (Å²) in [6.45, 7) is 2.28. The summed E-state index contributed by atoms with van der Waals surface area (Å²) >= 11 is 0. The number of benzene rings is 2. The molecule has 0 radical (unpaired) electrons. The van der Waals surface area contributed by atoms with Crippen LogP contribution in [0.4, 0.5) is 0 Å². The first kappa shape index (κ1) is 26.2. The number of unbranched alkanes of at least 4 members (excludes halogenated alkanes) is 13. The molecule has 2 aromatic carbocycles. The number of carbonyl (C=O) groups is 1. The summed E-state index contributed by atoms with van der Waals surface area (Å²) in [6, 6.07) is 16.6. The third-order valence-corrected chi connectivity index (χ3v) is 6.41. The van der Waals surface area contributed by atoms with E-state index in [2.05, 4.69) is 43.3 Å². The van der Waals surface area contributed by atoms with Gasteiger partial charge in [0.2, 0.25) is 0 Å². The van der Waals surface area contributed by atoms with Gasteiger partial charge in [0.1, 0.15) is 0 Å². The van der Waals surface area contributed by atoms with Crippen LogP contribution in [0.2, 0.25) is 0 Å². The van der Waals surface area contributed by atoms with Crippen LogP contribution in [0, 0.1) is 0 Å². The van der Waals surface area contributed by atoms with Gasteiger partial charge in [-0.25, -0.2) is 0 Å². The highest BCUT2D eigenvalue weighted by atomic mass is 16.4. The van der Waals surface area contributed by atoms with Gasteiger partial charge >= 0.3 is 5.97 Å². The minimum absolute atomic E-state index is 0.0980. The molecule has 0 aliphatic heterocycles. The van der Waals surface area contributed by atoms with E-state index in [1.54, 1.807) is 0 Å². The Labute approximate surface area is 196 Å². The first-order valence-corrected chi connectivity index (χ1v) is 13.1. The Balaban J connectivity index is 1.65. The minimum Gasteiger partial charge on any atom is -0.481 e. The zero-order valence-electron chi connectivity index (χ0n) is 20.3. The fourth-order valence-corrected chi connectivity index (χ4v) is 4.55. The zero-order valence-corrected chi connectivity index (χ0v) is 20.3. The second kappa shape index (κ2) is 16.5. The molecule has 0 aromatic heterocycles. The Bertz CT molecular complexity index is 751. The Hall–Kier alpha value is -2.09. The molecule has 0 saturated carbocycles. The Kier molecular flexibility index (Phi) is 13.5. The van der Waals surface area contributed by atoms with Gasteiger partial charge in [-0.05, 0) is 35.1 Å². The fourth-order valence-electron chi connectivity index (χ4n) is 4.55. The SMILES string of the molecule is CCCCCCCCCCCCCCCCc1cc(CC(=O)O)ccc1-c1ccccc1. The molecule has 2 nitrogen and oxygen atoms in total. The van der Waals surface area contributed by atoms with Crippen molar-refractivity contribution in [1.82, 2.24) is 0 Å². The largest absolute Gasteiger partial charge is 0.481 e. The second-order valence-electron chi connectivity index (χ2n) is 9.27. The van der Waals surface area contributed by atoms with Crippen molar-refractivity contribution in [2.45, 2.75) is 110 Å². The van der Waals surface area contributed by atoms with Crippen molar-refractivity contribution in [1.29, 1.82) is 0 Å². The van der Waals surface area contributed by atoms with E-state index in [1.165, 1.54) is 107 Å². The van der Waals surface area contributed by atoms with Gasteiger partial charge in [0.05, 0.1) is 6.42 Å². The summed E-state index contributed by atoms with van der Waals surface area (Å²) in [7, 11) is 0. The zero-order chi connectivity index (χ0) is 22.9. The molecule has 0 aliphatic carbocycles. The molecule has 0 bridgehead atoms. The Morgan fingerprint density at radius 2 is 1.22 bits per heavy atom. The third-order valence-electron chi connectivity index (χ3n) is 6.41. The number of aryl methyl sites for hydroxylation is 1. The average molecular weight is 437 g/mol. The number of hydrogen-bond acceptors (Lipinski definition) is 1. The van der Waals surface area contributed by atoms with E-state index >= 15 is 0 Å². The molecule has 0 atom stereocenters. The van der Waals surface area contributed by atoms with Crippen molar-refractivity contribution >= 4 is 5.97 Å². The Morgan fingerprint density at radius 3 is 1.75 bits per heavy atom. The van der Waals surface area contributed by atoms with E-state index < -0.39 is 5.97 Å². The fraction of sp³-hybridized carbons (Fsp3) is 0.567. The van der Waals surface area contributed by atoms with E-state index in [9.17, 15) is 4.79 Å². The topological polar surface area (TPSA) is 37.3 Å². The highest BCUT2D eigenvalue weighted by molar-refractivity contribution is 5.72. The van der Waals surface area contributed by atoms with Crippen molar-refractivity contribution in [3.8, 4) is 11.1 Å². The van der Waals surface area contributed by atoms with E-state index in [1.807, 2.05) is 12.1 Å². The number of rotatable bonds is 18. The monoisotopic (exact) mass is 436 g/mol. The van der Waals surface area contributed by atoms with Crippen LogP contribution in [0.15, 0.2) is 48.5 Å². The van der Waals surface area contributed by atoms with E-state index in [0.29, 0.717) is 0 Å². The average Bonchev–Trinajstić information content (AvgIpc) is 2.79. The van der Waals surface area contributed by atoms with Gasteiger partial charge < -0.3 is 5.11 Å². The molecule has 2 rings (SSSR count). The molecule has 2 heteroatoms. The molecule has 0 aliphatic rings. The Morgan fingerprint density at radius 1 is 0.688 bits per heavy atom. The van der Waals surface area contributed by atoms with Gasteiger partial charge in [-0.1, -0.05) is 139 Å². The molecule has 176 valence electrons. The highest BCUT2D eigenvalue weighted by Gasteiger charge is 2.08. The number of aliphatic carboxylic acids is 1. The van der Waals surface area contributed by atoms with E-state index in [4.69, 9.17) is 5.11 Å². The lowest BCUT2D eigenvalue weighted by Gasteiger charge is -2.12. The third kappa shape index (κ3) is 11.0. The van der Waals surface area contributed by atoms with E-state index in [-0.39, 0.29) is 6.42 Å². The van der Waals surface area contributed by atoms with Crippen LogP contribution >= 0.6 is 0 Å². The molecule has 2 aromatic rings. The lowest BCUT2D eigenvalue weighted by atomic mass is 9.93.